The monoisotopic (exact) mass is 253 g/mol. The molecule has 2 unspecified atom stereocenters. The van der Waals surface area contributed by atoms with E-state index < -0.39 is 6.03 Å². The minimum absolute atomic E-state index is 0.194. The van der Waals surface area contributed by atoms with Crippen LogP contribution in [0.5, 0.6) is 0 Å². The maximum atomic E-state index is 11.7. The van der Waals surface area contributed by atoms with Gasteiger partial charge in [-0.3, -0.25) is 15.0 Å². The summed E-state index contributed by atoms with van der Waals surface area (Å²) in [5.74, 6) is 0.570. The Morgan fingerprint density at radius 3 is 2.67 bits per heavy atom. The summed E-state index contributed by atoms with van der Waals surface area (Å²) in [6.07, 6.45) is 7.59. The molecule has 0 bridgehead atoms. The molecule has 1 saturated heterocycles. The van der Waals surface area contributed by atoms with Gasteiger partial charge in [0, 0.05) is 13.1 Å². The molecule has 102 valence electrons. The fourth-order valence-electron chi connectivity index (χ4n) is 3.34. The van der Waals surface area contributed by atoms with Crippen molar-refractivity contribution in [2.75, 3.05) is 20.1 Å². The summed E-state index contributed by atoms with van der Waals surface area (Å²) in [6, 6.07) is 0.139. The molecule has 2 atom stereocenters. The number of carbonyl (C=O) groups is 2. The van der Waals surface area contributed by atoms with E-state index in [9.17, 15) is 9.59 Å². The maximum Gasteiger partial charge on any atom is 0.321 e. The highest BCUT2D eigenvalue weighted by molar-refractivity contribution is 5.95. The van der Waals surface area contributed by atoms with Crippen LogP contribution in [0.1, 0.15) is 38.5 Å². The number of piperidine rings is 1. The zero-order valence-electron chi connectivity index (χ0n) is 11.1. The summed E-state index contributed by atoms with van der Waals surface area (Å²) < 4.78 is 0. The van der Waals surface area contributed by atoms with Crippen molar-refractivity contribution in [1.82, 2.24) is 15.5 Å². The van der Waals surface area contributed by atoms with Crippen molar-refractivity contribution in [3.8, 4) is 0 Å². The van der Waals surface area contributed by atoms with Crippen LogP contribution in [-0.4, -0.2) is 43.0 Å². The Morgan fingerprint density at radius 2 is 1.89 bits per heavy atom. The number of hydrogen-bond donors (Lipinski definition) is 2. The number of urea groups is 1. The second-order valence-corrected chi connectivity index (χ2v) is 5.35. The molecule has 0 aromatic heterocycles. The fraction of sp³-hybridized carbons (Fsp3) is 0.846. The zero-order valence-corrected chi connectivity index (χ0v) is 11.1. The van der Waals surface area contributed by atoms with E-state index in [1.165, 1.54) is 45.6 Å². The molecule has 2 aliphatic rings. The molecule has 5 heteroatoms. The molecule has 1 aliphatic carbocycles. The van der Waals surface area contributed by atoms with Gasteiger partial charge >= 0.3 is 6.03 Å². The van der Waals surface area contributed by atoms with Crippen LogP contribution in [0.15, 0.2) is 0 Å². The van der Waals surface area contributed by atoms with Gasteiger partial charge in [0.25, 0.3) is 0 Å². The van der Waals surface area contributed by atoms with Gasteiger partial charge < -0.3 is 5.32 Å². The molecular weight excluding hydrogens is 230 g/mol. The minimum atomic E-state index is -0.419. The van der Waals surface area contributed by atoms with Gasteiger partial charge in [-0.2, -0.15) is 0 Å². The molecule has 0 radical (unpaired) electrons. The molecule has 0 aromatic rings. The van der Waals surface area contributed by atoms with Crippen molar-refractivity contribution in [3.05, 3.63) is 0 Å². The molecule has 1 heterocycles. The lowest BCUT2D eigenvalue weighted by atomic mass is 9.78. The summed E-state index contributed by atoms with van der Waals surface area (Å²) in [5.41, 5.74) is 0. The van der Waals surface area contributed by atoms with E-state index in [0.717, 1.165) is 12.5 Å². The SMILES string of the molecule is CNC(=O)NC(=O)CN1CCCC2CCCCC21. The van der Waals surface area contributed by atoms with Gasteiger partial charge in [0.15, 0.2) is 0 Å². The van der Waals surface area contributed by atoms with Crippen LogP contribution in [0.25, 0.3) is 0 Å². The van der Waals surface area contributed by atoms with Gasteiger partial charge in [-0.25, -0.2) is 4.79 Å². The number of hydrogen-bond acceptors (Lipinski definition) is 3. The Balaban J connectivity index is 1.87. The van der Waals surface area contributed by atoms with E-state index in [1.54, 1.807) is 0 Å². The van der Waals surface area contributed by atoms with E-state index in [4.69, 9.17) is 0 Å². The van der Waals surface area contributed by atoms with Gasteiger partial charge in [0.05, 0.1) is 6.54 Å². The second-order valence-electron chi connectivity index (χ2n) is 5.35. The van der Waals surface area contributed by atoms with Gasteiger partial charge in [-0.1, -0.05) is 12.8 Å². The third-order valence-electron chi connectivity index (χ3n) is 4.18. The van der Waals surface area contributed by atoms with E-state index in [1.807, 2.05) is 0 Å². The average Bonchev–Trinajstić information content (AvgIpc) is 2.39. The predicted octanol–water partition coefficient (Wildman–Crippen LogP) is 1.10. The minimum Gasteiger partial charge on any atom is -0.341 e. The van der Waals surface area contributed by atoms with Crippen molar-refractivity contribution < 1.29 is 9.59 Å². The molecule has 0 aromatic carbocycles. The van der Waals surface area contributed by atoms with Crippen molar-refractivity contribution in [2.24, 2.45) is 5.92 Å². The largest absolute Gasteiger partial charge is 0.341 e. The summed E-state index contributed by atoms with van der Waals surface area (Å²) in [5, 5.41) is 4.74. The van der Waals surface area contributed by atoms with Gasteiger partial charge in [-0.05, 0) is 38.1 Å². The van der Waals surface area contributed by atoms with Crippen LogP contribution >= 0.6 is 0 Å². The highest BCUT2D eigenvalue weighted by atomic mass is 16.2. The Bertz CT molecular complexity index is 317. The summed E-state index contributed by atoms with van der Waals surface area (Å²) in [4.78, 5) is 25.1. The van der Waals surface area contributed by atoms with Crippen LogP contribution in [0.2, 0.25) is 0 Å². The van der Waals surface area contributed by atoms with Crippen molar-refractivity contribution in [1.29, 1.82) is 0 Å². The topological polar surface area (TPSA) is 61.4 Å². The van der Waals surface area contributed by atoms with Crippen LogP contribution in [0.4, 0.5) is 4.79 Å². The molecule has 0 spiro atoms. The number of likely N-dealkylation sites (tertiary alicyclic amines) is 1. The highest BCUT2D eigenvalue weighted by Gasteiger charge is 2.33. The van der Waals surface area contributed by atoms with Gasteiger partial charge in [0.2, 0.25) is 5.91 Å². The molecular formula is C13H23N3O2. The summed E-state index contributed by atoms with van der Waals surface area (Å²) in [7, 11) is 1.51. The lowest BCUT2D eigenvalue weighted by Crippen LogP contribution is -2.51. The van der Waals surface area contributed by atoms with Crippen LogP contribution in [-0.2, 0) is 4.79 Å². The van der Waals surface area contributed by atoms with Crippen LogP contribution in [0.3, 0.4) is 0 Å². The first-order valence-electron chi connectivity index (χ1n) is 6.96. The fourth-order valence-corrected chi connectivity index (χ4v) is 3.34. The summed E-state index contributed by atoms with van der Waals surface area (Å²) in [6.45, 7) is 1.34. The first-order chi connectivity index (χ1) is 8.70. The third-order valence-corrected chi connectivity index (χ3v) is 4.18. The van der Waals surface area contributed by atoms with Crippen molar-refractivity contribution in [2.45, 2.75) is 44.6 Å². The summed E-state index contributed by atoms with van der Waals surface area (Å²) >= 11 is 0. The first-order valence-corrected chi connectivity index (χ1v) is 6.96. The predicted molar refractivity (Wildman–Crippen MR) is 69.2 cm³/mol. The van der Waals surface area contributed by atoms with E-state index >= 15 is 0 Å². The standard InChI is InChI=1S/C13H23N3O2/c1-14-13(18)15-12(17)9-16-8-4-6-10-5-2-3-7-11(10)16/h10-11H,2-9H2,1H3,(H2,14,15,17,18). The smallest absolute Gasteiger partial charge is 0.321 e. The van der Waals surface area contributed by atoms with Gasteiger partial charge in [-0.15, -0.1) is 0 Å². The number of nitrogens with one attached hydrogen (secondary N) is 2. The number of fused-ring (bicyclic) bond motifs is 1. The van der Waals surface area contributed by atoms with Crippen molar-refractivity contribution in [3.63, 3.8) is 0 Å². The molecule has 2 rings (SSSR count). The highest BCUT2D eigenvalue weighted by Crippen LogP contribution is 2.34. The maximum absolute atomic E-state index is 11.7. The van der Waals surface area contributed by atoms with Crippen LogP contribution in [0, 0.1) is 5.92 Å². The van der Waals surface area contributed by atoms with E-state index in [-0.39, 0.29) is 5.91 Å². The van der Waals surface area contributed by atoms with Gasteiger partial charge in [0.1, 0.15) is 0 Å². The lowest BCUT2D eigenvalue weighted by molar-refractivity contribution is -0.122. The Labute approximate surface area is 108 Å². The Hall–Kier alpha value is -1.10. The quantitative estimate of drug-likeness (QED) is 0.774. The average molecular weight is 253 g/mol. The molecule has 5 nitrogen and oxygen atoms in total. The molecule has 1 aliphatic heterocycles. The third kappa shape index (κ3) is 3.22. The molecule has 3 amide bonds. The number of rotatable bonds is 2. The molecule has 18 heavy (non-hydrogen) atoms. The Morgan fingerprint density at radius 1 is 1.17 bits per heavy atom. The zero-order chi connectivity index (χ0) is 13.0. The number of imide groups is 1. The molecule has 2 fully saturated rings. The van der Waals surface area contributed by atoms with Crippen molar-refractivity contribution >= 4 is 11.9 Å². The first kappa shape index (κ1) is 13.3. The normalized spacial score (nSPS) is 28.3. The van der Waals surface area contributed by atoms with E-state index in [0.29, 0.717) is 12.6 Å². The second kappa shape index (κ2) is 6.18. The number of nitrogens with zero attached hydrogens (tertiary/aromatic N) is 1. The Kier molecular flexibility index (Phi) is 4.58. The number of amides is 3. The molecule has 1 saturated carbocycles. The number of carbonyl (C=O) groups excluding carboxylic acids is 2. The van der Waals surface area contributed by atoms with Crippen LogP contribution < -0.4 is 10.6 Å². The van der Waals surface area contributed by atoms with E-state index in [2.05, 4.69) is 15.5 Å². The lowest BCUT2D eigenvalue weighted by Gasteiger charge is -2.43. The molecule has 2 N–H and O–H groups in total.